The minimum Gasteiger partial charge on any atom is -0.446 e. The molecule has 90 valence electrons. The maximum Gasteiger partial charge on any atom is 0.412 e. The molecule has 0 fully saturated rings. The number of amides is 1. The minimum atomic E-state index is -0.355. The topological polar surface area (TPSA) is 38.3 Å². The quantitative estimate of drug-likeness (QED) is 0.755. The van der Waals surface area contributed by atoms with Crippen LogP contribution in [0.3, 0.4) is 0 Å². The van der Waals surface area contributed by atoms with Gasteiger partial charge in [0.05, 0.1) is 5.00 Å². The number of ether oxygens (including phenoxy) is 1. The van der Waals surface area contributed by atoms with E-state index in [0.29, 0.717) is 0 Å². The molecule has 0 aliphatic carbocycles. The van der Waals surface area contributed by atoms with Crippen LogP contribution >= 0.6 is 11.3 Å². The van der Waals surface area contributed by atoms with E-state index in [0.717, 1.165) is 17.8 Å². The zero-order chi connectivity index (χ0) is 11.8. The summed E-state index contributed by atoms with van der Waals surface area (Å²) in [5.74, 6) is 0. The van der Waals surface area contributed by atoms with E-state index in [4.69, 9.17) is 4.74 Å². The Morgan fingerprint density at radius 1 is 1.56 bits per heavy atom. The molecule has 1 unspecified atom stereocenters. The van der Waals surface area contributed by atoms with Gasteiger partial charge in [-0.05, 0) is 37.3 Å². The van der Waals surface area contributed by atoms with Crippen molar-refractivity contribution in [1.29, 1.82) is 0 Å². The van der Waals surface area contributed by atoms with Crippen molar-refractivity contribution in [1.82, 2.24) is 0 Å². The largest absolute Gasteiger partial charge is 0.446 e. The number of anilines is 1. The second-order valence-corrected chi connectivity index (χ2v) is 4.76. The molecule has 1 atom stereocenters. The average molecular weight is 241 g/mol. The Hall–Kier alpha value is -1.03. The first-order valence-corrected chi connectivity index (χ1v) is 6.61. The summed E-state index contributed by atoms with van der Waals surface area (Å²) in [4.78, 5) is 11.4. The fourth-order valence-corrected chi connectivity index (χ4v) is 2.01. The summed E-state index contributed by atoms with van der Waals surface area (Å²) in [7, 11) is 0. The van der Waals surface area contributed by atoms with Gasteiger partial charge in [-0.25, -0.2) is 4.79 Å². The van der Waals surface area contributed by atoms with E-state index in [1.807, 2.05) is 24.4 Å². The fourth-order valence-electron chi connectivity index (χ4n) is 1.40. The van der Waals surface area contributed by atoms with E-state index in [1.54, 1.807) is 0 Å². The van der Waals surface area contributed by atoms with E-state index >= 15 is 0 Å². The predicted molar refractivity (Wildman–Crippen MR) is 68.0 cm³/mol. The molecule has 16 heavy (non-hydrogen) atoms. The van der Waals surface area contributed by atoms with Crippen LogP contribution in [-0.2, 0) is 4.74 Å². The average Bonchev–Trinajstić information content (AvgIpc) is 2.70. The maximum absolute atomic E-state index is 11.4. The number of carbonyl (C=O) groups excluding carboxylic acids is 1. The normalized spacial score (nSPS) is 12.1. The summed E-state index contributed by atoms with van der Waals surface area (Å²) in [6, 6.07) is 3.75. The summed E-state index contributed by atoms with van der Waals surface area (Å²) in [6.45, 7) is 4.10. The van der Waals surface area contributed by atoms with Gasteiger partial charge in [0.2, 0.25) is 0 Å². The fraction of sp³-hybridized carbons (Fsp3) is 0.583. The third-order valence-electron chi connectivity index (χ3n) is 2.27. The maximum atomic E-state index is 11.4. The molecule has 1 rings (SSSR count). The molecule has 0 aliphatic heterocycles. The van der Waals surface area contributed by atoms with Crippen molar-refractivity contribution in [3.8, 4) is 0 Å². The molecular formula is C12H19NO2S. The van der Waals surface area contributed by atoms with Gasteiger partial charge in [-0.3, -0.25) is 5.32 Å². The Kier molecular flexibility index (Phi) is 5.93. The zero-order valence-corrected chi connectivity index (χ0v) is 10.7. The van der Waals surface area contributed by atoms with E-state index in [1.165, 1.54) is 24.2 Å². The Balaban J connectivity index is 2.18. The summed E-state index contributed by atoms with van der Waals surface area (Å²) in [6.07, 6.45) is 4.07. The van der Waals surface area contributed by atoms with Gasteiger partial charge in [0.25, 0.3) is 0 Å². The number of hydrogen-bond acceptors (Lipinski definition) is 3. The van der Waals surface area contributed by atoms with Crippen LogP contribution in [0.2, 0.25) is 0 Å². The van der Waals surface area contributed by atoms with Gasteiger partial charge < -0.3 is 4.74 Å². The molecule has 1 amide bonds. The third-order valence-corrected chi connectivity index (χ3v) is 3.05. The van der Waals surface area contributed by atoms with Crippen LogP contribution in [0, 0.1) is 0 Å². The first-order valence-electron chi connectivity index (χ1n) is 5.73. The lowest BCUT2D eigenvalue weighted by Crippen LogP contribution is -2.19. The second kappa shape index (κ2) is 7.28. The summed E-state index contributed by atoms with van der Waals surface area (Å²) < 4.78 is 5.23. The van der Waals surface area contributed by atoms with Gasteiger partial charge >= 0.3 is 6.09 Å². The van der Waals surface area contributed by atoms with Crippen LogP contribution in [0.15, 0.2) is 17.5 Å². The zero-order valence-electron chi connectivity index (χ0n) is 9.86. The van der Waals surface area contributed by atoms with Crippen molar-refractivity contribution in [2.45, 2.75) is 45.6 Å². The van der Waals surface area contributed by atoms with Gasteiger partial charge in [-0.15, -0.1) is 11.3 Å². The Morgan fingerprint density at radius 3 is 3.00 bits per heavy atom. The standard InChI is InChI=1S/C12H19NO2S/c1-3-4-5-7-10(2)15-12(14)13-11-8-6-9-16-11/h6,8-10H,3-5,7H2,1-2H3,(H,13,14). The third kappa shape index (κ3) is 5.16. The highest BCUT2D eigenvalue weighted by Gasteiger charge is 2.09. The summed E-state index contributed by atoms with van der Waals surface area (Å²) in [5, 5.41) is 5.44. The molecule has 1 heterocycles. The molecule has 4 heteroatoms. The van der Waals surface area contributed by atoms with Crippen LogP contribution < -0.4 is 5.32 Å². The predicted octanol–water partition coefficient (Wildman–Crippen LogP) is 4.27. The number of hydrogen-bond donors (Lipinski definition) is 1. The van der Waals surface area contributed by atoms with E-state index < -0.39 is 0 Å². The van der Waals surface area contributed by atoms with Crippen LogP contribution in [0.1, 0.15) is 39.5 Å². The number of carbonyl (C=O) groups is 1. The molecule has 3 nitrogen and oxygen atoms in total. The van der Waals surface area contributed by atoms with Crippen molar-refractivity contribution < 1.29 is 9.53 Å². The van der Waals surface area contributed by atoms with Crippen molar-refractivity contribution in [3.63, 3.8) is 0 Å². The van der Waals surface area contributed by atoms with Crippen molar-refractivity contribution in [2.75, 3.05) is 5.32 Å². The van der Waals surface area contributed by atoms with Crippen LogP contribution in [0.5, 0.6) is 0 Å². The molecule has 0 aromatic carbocycles. The monoisotopic (exact) mass is 241 g/mol. The Morgan fingerprint density at radius 2 is 2.38 bits per heavy atom. The first-order chi connectivity index (χ1) is 7.72. The molecule has 0 aliphatic rings. The number of rotatable bonds is 6. The lowest BCUT2D eigenvalue weighted by molar-refractivity contribution is 0.114. The van der Waals surface area contributed by atoms with Crippen molar-refractivity contribution >= 4 is 22.4 Å². The first kappa shape index (κ1) is 13.0. The molecule has 0 bridgehead atoms. The molecule has 1 N–H and O–H groups in total. The van der Waals surface area contributed by atoms with Gasteiger partial charge in [0.1, 0.15) is 6.10 Å². The Bertz CT molecular complexity index is 298. The molecule has 0 spiro atoms. The highest BCUT2D eigenvalue weighted by Crippen LogP contribution is 2.15. The molecule has 0 saturated heterocycles. The van der Waals surface area contributed by atoms with E-state index in [9.17, 15) is 4.79 Å². The molecule has 1 aromatic rings. The highest BCUT2D eigenvalue weighted by molar-refractivity contribution is 7.14. The van der Waals surface area contributed by atoms with Gasteiger partial charge in [0, 0.05) is 0 Å². The molecule has 0 saturated carbocycles. The molecule has 0 radical (unpaired) electrons. The van der Waals surface area contributed by atoms with E-state index in [2.05, 4.69) is 12.2 Å². The van der Waals surface area contributed by atoms with Crippen LogP contribution in [-0.4, -0.2) is 12.2 Å². The van der Waals surface area contributed by atoms with Gasteiger partial charge in [-0.2, -0.15) is 0 Å². The second-order valence-electron chi connectivity index (χ2n) is 3.81. The lowest BCUT2D eigenvalue weighted by atomic mass is 10.1. The summed E-state index contributed by atoms with van der Waals surface area (Å²) in [5.41, 5.74) is 0. The number of unbranched alkanes of at least 4 members (excludes halogenated alkanes) is 2. The van der Waals surface area contributed by atoms with Crippen molar-refractivity contribution in [3.05, 3.63) is 17.5 Å². The van der Waals surface area contributed by atoms with Gasteiger partial charge in [-0.1, -0.05) is 19.8 Å². The van der Waals surface area contributed by atoms with Crippen LogP contribution in [0.25, 0.3) is 0 Å². The smallest absolute Gasteiger partial charge is 0.412 e. The van der Waals surface area contributed by atoms with Crippen LogP contribution in [0.4, 0.5) is 9.80 Å². The SMILES string of the molecule is CCCCCC(C)OC(=O)Nc1cccs1. The number of nitrogens with one attached hydrogen (secondary N) is 1. The van der Waals surface area contributed by atoms with E-state index in [-0.39, 0.29) is 12.2 Å². The Labute approximate surface area is 101 Å². The molecule has 1 aromatic heterocycles. The molecular weight excluding hydrogens is 222 g/mol. The number of thiophene rings is 1. The summed E-state index contributed by atoms with van der Waals surface area (Å²) >= 11 is 1.49. The van der Waals surface area contributed by atoms with Gasteiger partial charge in [0.15, 0.2) is 0 Å². The lowest BCUT2D eigenvalue weighted by Gasteiger charge is -2.12. The minimum absolute atomic E-state index is 0.00786. The highest BCUT2D eigenvalue weighted by atomic mass is 32.1. The van der Waals surface area contributed by atoms with Crippen molar-refractivity contribution in [2.24, 2.45) is 0 Å².